The monoisotopic (exact) mass is 314 g/mol. The smallest absolute Gasteiger partial charge is 0.0950 e. The van der Waals surface area contributed by atoms with Crippen molar-refractivity contribution in [2.45, 2.75) is 19.9 Å². The number of fused-ring (bicyclic) bond motifs is 2. The van der Waals surface area contributed by atoms with Crippen LogP contribution < -0.4 is 5.73 Å². The maximum atomic E-state index is 6.37. The van der Waals surface area contributed by atoms with Crippen LogP contribution in [0.5, 0.6) is 0 Å². The molecule has 2 aromatic heterocycles. The minimum atomic E-state index is 0.990. The fourth-order valence-corrected chi connectivity index (χ4v) is 5.51. The number of anilines is 1. The van der Waals surface area contributed by atoms with E-state index in [1.165, 1.54) is 31.0 Å². The van der Waals surface area contributed by atoms with Crippen molar-refractivity contribution in [3.05, 3.63) is 40.8 Å². The summed E-state index contributed by atoms with van der Waals surface area (Å²) in [6.45, 7) is 5.56. The molecule has 4 rings (SSSR count). The molecule has 108 valence electrons. The third kappa shape index (κ3) is 2.18. The first-order valence-corrected chi connectivity index (χ1v) is 9.01. The van der Waals surface area contributed by atoms with Crippen LogP contribution in [0.2, 0.25) is 0 Å². The molecule has 1 aliphatic heterocycles. The maximum Gasteiger partial charge on any atom is 0.0950 e. The van der Waals surface area contributed by atoms with E-state index in [2.05, 4.69) is 42.2 Å². The van der Waals surface area contributed by atoms with Crippen molar-refractivity contribution in [1.82, 2.24) is 4.90 Å². The lowest BCUT2D eigenvalue weighted by molar-refractivity contribution is 0.272. The van der Waals surface area contributed by atoms with E-state index in [0.29, 0.717) is 0 Å². The van der Waals surface area contributed by atoms with Gasteiger partial charge in [-0.2, -0.15) is 0 Å². The van der Waals surface area contributed by atoms with Crippen LogP contribution in [0.4, 0.5) is 5.00 Å². The van der Waals surface area contributed by atoms with Gasteiger partial charge in [0.05, 0.1) is 5.00 Å². The molecule has 0 amide bonds. The highest BCUT2D eigenvalue weighted by atomic mass is 32.1. The van der Waals surface area contributed by atoms with Gasteiger partial charge in [-0.3, -0.25) is 4.90 Å². The van der Waals surface area contributed by atoms with Gasteiger partial charge in [0, 0.05) is 33.1 Å². The summed E-state index contributed by atoms with van der Waals surface area (Å²) < 4.78 is 1.35. The van der Waals surface area contributed by atoms with Crippen molar-refractivity contribution in [3.8, 4) is 10.4 Å². The Balaban J connectivity index is 1.83. The van der Waals surface area contributed by atoms with Crippen molar-refractivity contribution >= 4 is 37.8 Å². The lowest BCUT2D eigenvalue weighted by Crippen LogP contribution is -2.29. The van der Waals surface area contributed by atoms with Gasteiger partial charge in [0.1, 0.15) is 0 Å². The highest BCUT2D eigenvalue weighted by Gasteiger charge is 2.24. The number of benzene rings is 1. The Labute approximate surface area is 132 Å². The summed E-state index contributed by atoms with van der Waals surface area (Å²) >= 11 is 3.65. The second kappa shape index (κ2) is 5.13. The Kier molecular flexibility index (Phi) is 3.25. The van der Waals surface area contributed by atoms with Crippen LogP contribution in [0.25, 0.3) is 20.5 Å². The maximum absolute atomic E-state index is 6.37. The second-order valence-electron chi connectivity index (χ2n) is 5.51. The Hall–Kier alpha value is -1.36. The summed E-state index contributed by atoms with van der Waals surface area (Å²) in [4.78, 5) is 5.29. The number of nitrogens with zero attached hydrogens (tertiary/aromatic N) is 1. The number of hydrogen-bond donors (Lipinski definition) is 1. The van der Waals surface area contributed by atoms with E-state index in [1.54, 1.807) is 11.3 Å². The molecule has 1 aromatic carbocycles. The van der Waals surface area contributed by atoms with Crippen molar-refractivity contribution in [3.63, 3.8) is 0 Å². The lowest BCUT2D eigenvalue weighted by Gasteiger charge is -2.25. The van der Waals surface area contributed by atoms with Crippen molar-refractivity contribution < 1.29 is 0 Å². The van der Waals surface area contributed by atoms with E-state index in [4.69, 9.17) is 5.73 Å². The normalized spacial score (nSPS) is 15.5. The number of nitrogens with two attached hydrogens (primary N) is 1. The van der Waals surface area contributed by atoms with Gasteiger partial charge in [0.15, 0.2) is 0 Å². The quantitative estimate of drug-likeness (QED) is 0.749. The van der Waals surface area contributed by atoms with Crippen LogP contribution in [0, 0.1) is 0 Å². The Bertz CT molecular complexity index is 767. The van der Waals surface area contributed by atoms with Crippen LogP contribution in [-0.2, 0) is 13.0 Å². The molecular formula is C17H18N2S2. The third-order valence-electron chi connectivity index (χ3n) is 4.28. The van der Waals surface area contributed by atoms with Gasteiger partial charge >= 0.3 is 0 Å². The van der Waals surface area contributed by atoms with E-state index in [1.807, 2.05) is 11.3 Å². The summed E-state index contributed by atoms with van der Waals surface area (Å²) in [5, 5.41) is 2.31. The van der Waals surface area contributed by atoms with Gasteiger partial charge in [-0.15, -0.1) is 22.7 Å². The van der Waals surface area contributed by atoms with Crippen LogP contribution >= 0.6 is 22.7 Å². The summed E-state index contributed by atoms with van der Waals surface area (Å²) in [6, 6.07) is 10.9. The average Bonchev–Trinajstić information content (AvgIpc) is 3.05. The number of rotatable bonds is 2. The first-order chi connectivity index (χ1) is 10.3. The van der Waals surface area contributed by atoms with Crippen LogP contribution in [0.15, 0.2) is 30.3 Å². The predicted octanol–water partition coefficient (Wildman–Crippen LogP) is 4.59. The van der Waals surface area contributed by atoms with Crippen LogP contribution in [0.3, 0.4) is 0 Å². The molecule has 0 atom stereocenters. The van der Waals surface area contributed by atoms with Gasteiger partial charge < -0.3 is 5.73 Å². The van der Waals surface area contributed by atoms with E-state index >= 15 is 0 Å². The molecule has 1 aliphatic rings. The summed E-state index contributed by atoms with van der Waals surface area (Å²) in [6.07, 6.45) is 1.13. The third-order valence-corrected chi connectivity index (χ3v) is 6.46. The van der Waals surface area contributed by atoms with Gasteiger partial charge in [-0.1, -0.05) is 25.1 Å². The Morgan fingerprint density at radius 1 is 1.24 bits per heavy atom. The largest absolute Gasteiger partial charge is 0.390 e. The first-order valence-electron chi connectivity index (χ1n) is 7.37. The molecule has 3 heterocycles. The molecule has 21 heavy (non-hydrogen) atoms. The Morgan fingerprint density at radius 2 is 2.10 bits per heavy atom. The minimum absolute atomic E-state index is 0.990. The summed E-state index contributed by atoms with van der Waals surface area (Å²) in [5.74, 6) is 0. The zero-order valence-corrected chi connectivity index (χ0v) is 13.7. The number of likely N-dealkylation sites (N-methyl/N-ethyl adjacent to an activating group) is 1. The van der Waals surface area contributed by atoms with Crippen LogP contribution in [0.1, 0.15) is 17.4 Å². The first kappa shape index (κ1) is 13.3. The average molecular weight is 314 g/mol. The molecule has 0 aliphatic carbocycles. The summed E-state index contributed by atoms with van der Waals surface area (Å²) in [5.41, 5.74) is 9.17. The van der Waals surface area contributed by atoms with Crippen molar-refractivity contribution in [2.75, 3.05) is 18.8 Å². The van der Waals surface area contributed by atoms with E-state index < -0.39 is 0 Å². The number of hydrogen-bond acceptors (Lipinski definition) is 4. The predicted molar refractivity (Wildman–Crippen MR) is 94.2 cm³/mol. The minimum Gasteiger partial charge on any atom is -0.390 e. The van der Waals surface area contributed by atoms with Crippen molar-refractivity contribution in [2.24, 2.45) is 0 Å². The topological polar surface area (TPSA) is 29.3 Å². The molecule has 0 fully saturated rings. The van der Waals surface area contributed by atoms with Crippen LogP contribution in [-0.4, -0.2) is 18.0 Å². The molecule has 0 spiro atoms. The highest BCUT2D eigenvalue weighted by Crippen LogP contribution is 2.45. The molecule has 4 heteroatoms. The molecule has 2 nitrogen and oxygen atoms in total. The van der Waals surface area contributed by atoms with E-state index in [-0.39, 0.29) is 0 Å². The number of nitrogen functional groups attached to an aromatic ring is 1. The Morgan fingerprint density at radius 3 is 2.90 bits per heavy atom. The van der Waals surface area contributed by atoms with Gasteiger partial charge in [0.2, 0.25) is 0 Å². The highest BCUT2D eigenvalue weighted by molar-refractivity contribution is 7.23. The lowest BCUT2D eigenvalue weighted by atomic mass is 10.0. The standard InChI is InChI=1S/C17H18N2S2/c1-2-19-8-7-12-15(10-19)21-17(18)16(12)14-9-11-5-3-4-6-13(11)20-14/h3-6,9H,2,7-8,10,18H2,1H3. The van der Waals surface area contributed by atoms with Gasteiger partial charge in [-0.05, 0) is 36.0 Å². The van der Waals surface area contributed by atoms with E-state index in [9.17, 15) is 0 Å². The molecule has 2 N–H and O–H groups in total. The zero-order valence-electron chi connectivity index (χ0n) is 12.1. The number of thiophene rings is 2. The fraction of sp³-hybridized carbons (Fsp3) is 0.294. The molecule has 0 unspecified atom stereocenters. The molecular weight excluding hydrogens is 296 g/mol. The second-order valence-corrected chi connectivity index (χ2v) is 7.73. The van der Waals surface area contributed by atoms with Gasteiger partial charge in [-0.25, -0.2) is 0 Å². The SMILES string of the molecule is CCN1CCc2c(sc(N)c2-c2cc3ccccc3s2)C1. The molecule has 0 saturated carbocycles. The van der Waals surface area contributed by atoms with Gasteiger partial charge in [0.25, 0.3) is 0 Å². The summed E-state index contributed by atoms with van der Waals surface area (Å²) in [7, 11) is 0. The fourth-order valence-electron chi connectivity index (χ4n) is 3.12. The van der Waals surface area contributed by atoms with E-state index in [0.717, 1.165) is 31.1 Å². The molecule has 0 radical (unpaired) electrons. The molecule has 0 saturated heterocycles. The molecule has 0 bridgehead atoms. The van der Waals surface area contributed by atoms with Crippen molar-refractivity contribution in [1.29, 1.82) is 0 Å². The zero-order chi connectivity index (χ0) is 14.4. The molecule has 3 aromatic rings.